The van der Waals surface area contributed by atoms with E-state index in [1.165, 1.54) is 24.3 Å². The lowest BCUT2D eigenvalue weighted by Crippen LogP contribution is -2.44. The fraction of sp³-hybridized carbons (Fsp3) is 0.240. The Bertz CT molecular complexity index is 1210. The zero-order valence-electron chi connectivity index (χ0n) is 18.7. The number of carbonyl (C=O) groups excluding carboxylic acids is 1. The number of rotatable bonds is 8. The number of alkyl halides is 3. The number of benzene rings is 3. The van der Waals surface area contributed by atoms with Crippen LogP contribution >= 0.6 is 0 Å². The minimum Gasteiger partial charge on any atom is -0.351 e. The van der Waals surface area contributed by atoms with Crippen LogP contribution in [0, 0.1) is 0 Å². The van der Waals surface area contributed by atoms with Gasteiger partial charge in [0.25, 0.3) is 0 Å². The van der Waals surface area contributed by atoms with Crippen LogP contribution in [0.5, 0.6) is 0 Å². The molecular weight excluding hydrogens is 465 g/mol. The van der Waals surface area contributed by atoms with Crippen molar-refractivity contribution in [3.8, 4) is 11.1 Å². The summed E-state index contributed by atoms with van der Waals surface area (Å²) in [7, 11) is -3.82. The van der Waals surface area contributed by atoms with E-state index in [-0.39, 0.29) is 18.0 Å². The maximum Gasteiger partial charge on any atom is 0.416 e. The zero-order chi connectivity index (χ0) is 24.9. The molecule has 1 N–H and O–H groups in total. The first-order valence-corrected chi connectivity index (χ1v) is 12.0. The summed E-state index contributed by atoms with van der Waals surface area (Å²) in [6.07, 6.45) is -4.38. The monoisotopic (exact) mass is 490 g/mol. The van der Waals surface area contributed by atoms with Crippen LogP contribution in [0.4, 0.5) is 13.2 Å². The van der Waals surface area contributed by atoms with Crippen molar-refractivity contribution in [3.05, 3.63) is 90.0 Å². The van der Waals surface area contributed by atoms with Crippen molar-refractivity contribution in [1.29, 1.82) is 0 Å². The number of halogens is 3. The third kappa shape index (κ3) is 6.24. The molecule has 0 spiro atoms. The van der Waals surface area contributed by atoms with Crippen molar-refractivity contribution in [3.63, 3.8) is 0 Å². The van der Waals surface area contributed by atoms with Crippen LogP contribution in [0.1, 0.15) is 25.0 Å². The van der Waals surface area contributed by atoms with E-state index in [1.54, 1.807) is 56.3 Å². The summed E-state index contributed by atoms with van der Waals surface area (Å²) < 4.78 is 65.2. The van der Waals surface area contributed by atoms with Crippen molar-refractivity contribution in [2.24, 2.45) is 0 Å². The SMILES string of the molecule is CC(C)N(CC(=O)NCc1ccc(-c2ccc(C(F)(F)F)cc2)cc1)S(=O)(=O)c1ccccc1. The Labute approximate surface area is 197 Å². The van der Waals surface area contributed by atoms with Gasteiger partial charge in [-0.15, -0.1) is 0 Å². The Balaban J connectivity index is 1.62. The second-order valence-electron chi connectivity index (χ2n) is 8.01. The molecule has 3 aromatic carbocycles. The molecule has 3 rings (SSSR count). The summed E-state index contributed by atoms with van der Waals surface area (Å²) in [5.74, 6) is -0.444. The van der Waals surface area contributed by atoms with E-state index in [9.17, 15) is 26.4 Å². The highest BCUT2D eigenvalue weighted by atomic mass is 32.2. The van der Waals surface area contributed by atoms with Crippen LogP contribution < -0.4 is 5.32 Å². The van der Waals surface area contributed by atoms with E-state index in [1.807, 2.05) is 0 Å². The van der Waals surface area contributed by atoms with Gasteiger partial charge in [0.15, 0.2) is 0 Å². The average Bonchev–Trinajstić information content (AvgIpc) is 2.81. The van der Waals surface area contributed by atoms with Gasteiger partial charge in [0.1, 0.15) is 0 Å². The molecular formula is C25H25F3N2O3S. The first-order chi connectivity index (χ1) is 16.0. The Morgan fingerprint density at radius 3 is 1.91 bits per heavy atom. The maximum absolute atomic E-state index is 12.9. The van der Waals surface area contributed by atoms with Gasteiger partial charge in [-0.2, -0.15) is 17.5 Å². The van der Waals surface area contributed by atoms with Crippen molar-refractivity contribution in [2.75, 3.05) is 6.54 Å². The quantitative estimate of drug-likeness (QED) is 0.479. The van der Waals surface area contributed by atoms with E-state index in [4.69, 9.17) is 0 Å². The van der Waals surface area contributed by atoms with Crippen LogP contribution in [0.3, 0.4) is 0 Å². The van der Waals surface area contributed by atoms with Crippen molar-refractivity contribution < 1.29 is 26.4 Å². The Hall–Kier alpha value is -3.17. The number of nitrogens with one attached hydrogen (secondary N) is 1. The molecule has 0 aliphatic carbocycles. The summed E-state index contributed by atoms with van der Waals surface area (Å²) in [6, 6.07) is 19.4. The Morgan fingerprint density at radius 1 is 0.882 bits per heavy atom. The van der Waals surface area contributed by atoms with Gasteiger partial charge in [-0.05, 0) is 54.8 Å². The van der Waals surface area contributed by atoms with Gasteiger partial charge in [0, 0.05) is 12.6 Å². The second kappa shape index (κ2) is 10.4. The molecule has 180 valence electrons. The van der Waals surface area contributed by atoms with E-state index in [0.717, 1.165) is 27.6 Å². The van der Waals surface area contributed by atoms with Crippen LogP contribution in [0.15, 0.2) is 83.8 Å². The standard InChI is InChI=1S/C25H25F3N2O3S/c1-18(2)30(34(32,33)23-6-4-3-5-7-23)17-24(31)29-16-19-8-10-20(11-9-19)21-12-14-22(15-13-21)25(26,27)28/h3-15,18H,16-17H2,1-2H3,(H,29,31). The third-order valence-electron chi connectivity index (χ3n) is 5.21. The smallest absolute Gasteiger partial charge is 0.351 e. The molecule has 0 saturated heterocycles. The largest absolute Gasteiger partial charge is 0.416 e. The normalized spacial score (nSPS) is 12.2. The molecule has 1 amide bonds. The summed E-state index contributed by atoms with van der Waals surface area (Å²) >= 11 is 0. The first kappa shape index (κ1) is 25.5. The van der Waals surface area contributed by atoms with Gasteiger partial charge in [-0.3, -0.25) is 4.79 Å². The van der Waals surface area contributed by atoms with E-state index in [0.29, 0.717) is 5.56 Å². The predicted molar refractivity (Wildman–Crippen MR) is 124 cm³/mol. The number of hydrogen-bond acceptors (Lipinski definition) is 3. The predicted octanol–water partition coefficient (Wildman–Crippen LogP) is 5.09. The second-order valence-corrected chi connectivity index (χ2v) is 9.90. The Kier molecular flexibility index (Phi) is 7.78. The molecule has 0 unspecified atom stereocenters. The number of nitrogens with zero attached hydrogens (tertiary/aromatic N) is 1. The molecule has 0 aliphatic rings. The number of amides is 1. The summed E-state index contributed by atoms with van der Waals surface area (Å²) in [5, 5.41) is 2.72. The summed E-state index contributed by atoms with van der Waals surface area (Å²) in [4.78, 5) is 12.6. The minimum atomic E-state index is -4.38. The molecule has 0 bridgehead atoms. The summed E-state index contributed by atoms with van der Waals surface area (Å²) in [5.41, 5.74) is 1.44. The molecule has 0 fully saturated rings. The van der Waals surface area contributed by atoms with Gasteiger partial charge < -0.3 is 5.32 Å². The lowest BCUT2D eigenvalue weighted by atomic mass is 10.0. The molecule has 0 saturated carbocycles. The van der Waals surface area contributed by atoms with Crippen molar-refractivity contribution in [2.45, 2.75) is 37.5 Å². The van der Waals surface area contributed by atoms with E-state index >= 15 is 0 Å². The zero-order valence-corrected chi connectivity index (χ0v) is 19.5. The van der Waals surface area contributed by atoms with E-state index in [2.05, 4.69) is 5.32 Å². The van der Waals surface area contributed by atoms with Gasteiger partial charge >= 0.3 is 6.18 Å². The van der Waals surface area contributed by atoms with Gasteiger partial charge in [0.05, 0.1) is 17.0 Å². The van der Waals surface area contributed by atoms with Gasteiger partial charge in [0.2, 0.25) is 15.9 Å². The molecule has 0 aromatic heterocycles. The minimum absolute atomic E-state index is 0.121. The van der Waals surface area contributed by atoms with Crippen molar-refractivity contribution >= 4 is 15.9 Å². The molecule has 0 aliphatic heterocycles. The maximum atomic E-state index is 12.9. The molecule has 0 heterocycles. The van der Waals surface area contributed by atoms with E-state index < -0.39 is 33.7 Å². The fourth-order valence-corrected chi connectivity index (χ4v) is 4.95. The molecule has 0 atom stereocenters. The molecule has 34 heavy (non-hydrogen) atoms. The third-order valence-corrected chi connectivity index (χ3v) is 7.25. The van der Waals surface area contributed by atoms with Crippen LogP contribution in [0.2, 0.25) is 0 Å². The van der Waals surface area contributed by atoms with Crippen LogP contribution in [0.25, 0.3) is 11.1 Å². The highest BCUT2D eigenvalue weighted by Gasteiger charge is 2.30. The Morgan fingerprint density at radius 2 is 1.41 bits per heavy atom. The number of hydrogen-bond donors (Lipinski definition) is 1. The molecule has 0 radical (unpaired) electrons. The summed E-state index contributed by atoms with van der Waals surface area (Å²) in [6.45, 7) is 3.27. The molecule has 5 nitrogen and oxygen atoms in total. The highest BCUT2D eigenvalue weighted by molar-refractivity contribution is 7.89. The van der Waals surface area contributed by atoms with Gasteiger partial charge in [-0.25, -0.2) is 8.42 Å². The number of sulfonamides is 1. The van der Waals surface area contributed by atoms with Gasteiger partial charge in [-0.1, -0.05) is 54.6 Å². The van der Waals surface area contributed by atoms with Crippen LogP contribution in [-0.4, -0.2) is 31.2 Å². The fourth-order valence-electron chi connectivity index (χ4n) is 3.34. The lowest BCUT2D eigenvalue weighted by Gasteiger charge is -2.25. The average molecular weight is 491 g/mol. The number of carbonyl (C=O) groups is 1. The first-order valence-electron chi connectivity index (χ1n) is 10.6. The van der Waals surface area contributed by atoms with Crippen LogP contribution in [-0.2, 0) is 27.5 Å². The molecule has 3 aromatic rings. The van der Waals surface area contributed by atoms with Crippen molar-refractivity contribution in [1.82, 2.24) is 9.62 Å². The topological polar surface area (TPSA) is 66.5 Å². The highest BCUT2D eigenvalue weighted by Crippen LogP contribution is 2.31. The molecule has 9 heteroatoms. The lowest BCUT2D eigenvalue weighted by molar-refractivity contribution is -0.137.